The van der Waals surface area contributed by atoms with Crippen LogP contribution in [0.25, 0.3) is 5.57 Å². The summed E-state index contributed by atoms with van der Waals surface area (Å²) in [7, 11) is 2.09. The number of hydrogen-bond acceptors (Lipinski definition) is 4. The molecule has 0 bridgehead atoms. The number of anilines is 1. The zero-order valence-electron chi connectivity index (χ0n) is 15.8. The Labute approximate surface area is 165 Å². The largest absolute Gasteiger partial charge is 0.539 e. The zero-order valence-corrected chi connectivity index (χ0v) is 15.8. The lowest BCUT2D eigenvalue weighted by Crippen LogP contribution is -3.08. The molecular weight excluding hydrogens is 356 g/mol. The van der Waals surface area contributed by atoms with Gasteiger partial charge in [0.1, 0.15) is 13.1 Å². The van der Waals surface area contributed by atoms with Gasteiger partial charge in [-0.15, -0.1) is 6.42 Å². The van der Waals surface area contributed by atoms with Crippen molar-refractivity contribution in [2.24, 2.45) is 0 Å². The average molecular weight is 380 g/mol. The van der Waals surface area contributed by atoms with Gasteiger partial charge in [-0.25, -0.2) is 4.79 Å². The molecule has 0 saturated heterocycles. The van der Waals surface area contributed by atoms with E-state index in [2.05, 4.69) is 61.3 Å². The summed E-state index contributed by atoms with van der Waals surface area (Å²) in [4.78, 5) is 19.3. The standard InChI is InChI=1S/C20H22N2.C2H2O4/c1-4-13-22(3)16-17(2)19-10-8-9-18(14-19)15-21-20-11-6-5-7-12-20;3-1(4)2(5)6/h1,5-12,14,21H,2,13,15-16H2,3H3;(H,3,4)(H,5,6). The zero-order chi connectivity index (χ0) is 20.9. The lowest BCUT2D eigenvalue weighted by molar-refractivity contribution is -0.863. The molecule has 0 fully saturated rings. The summed E-state index contributed by atoms with van der Waals surface area (Å²) in [6.07, 6.45) is 5.35. The van der Waals surface area contributed by atoms with Crippen LogP contribution in [0.5, 0.6) is 0 Å². The topological polar surface area (TPSA) is 93.9 Å². The van der Waals surface area contributed by atoms with Gasteiger partial charge >= 0.3 is 5.97 Å². The Balaban J connectivity index is 0.000000568. The van der Waals surface area contributed by atoms with E-state index in [-0.39, 0.29) is 0 Å². The van der Waals surface area contributed by atoms with Crippen molar-refractivity contribution >= 4 is 23.2 Å². The number of quaternary nitrogens is 1. The molecule has 2 aromatic carbocycles. The summed E-state index contributed by atoms with van der Waals surface area (Å²) in [5.41, 5.74) is 4.68. The first kappa shape index (κ1) is 22.5. The fourth-order valence-corrected chi connectivity index (χ4v) is 2.36. The van der Waals surface area contributed by atoms with Gasteiger partial charge in [0.05, 0.1) is 7.05 Å². The minimum Gasteiger partial charge on any atom is -0.539 e. The smallest absolute Gasteiger partial charge is 0.351 e. The molecule has 0 aliphatic rings. The van der Waals surface area contributed by atoms with Gasteiger partial charge in [0.2, 0.25) is 0 Å². The normalized spacial score (nSPS) is 10.6. The van der Waals surface area contributed by atoms with E-state index in [1.54, 1.807) is 0 Å². The molecule has 146 valence electrons. The van der Waals surface area contributed by atoms with Crippen molar-refractivity contribution in [1.29, 1.82) is 0 Å². The third kappa shape index (κ3) is 8.70. The summed E-state index contributed by atoms with van der Waals surface area (Å²) in [5, 5.41) is 19.7. The molecule has 6 nitrogen and oxygen atoms in total. The van der Waals surface area contributed by atoms with Gasteiger partial charge in [0.25, 0.3) is 0 Å². The van der Waals surface area contributed by atoms with Crippen molar-refractivity contribution in [3.05, 3.63) is 72.3 Å². The molecule has 3 N–H and O–H groups in total. The predicted molar refractivity (Wildman–Crippen MR) is 107 cm³/mol. The number of terminal acetylenes is 1. The van der Waals surface area contributed by atoms with E-state index in [1.165, 1.54) is 16.0 Å². The second kappa shape index (κ2) is 11.9. The number of rotatable bonds is 7. The predicted octanol–water partition coefficient (Wildman–Crippen LogP) is 0.281. The maximum absolute atomic E-state index is 9.04. The van der Waals surface area contributed by atoms with Gasteiger partial charge in [-0.2, -0.15) is 0 Å². The van der Waals surface area contributed by atoms with Crippen LogP contribution in [0, 0.1) is 12.3 Å². The lowest BCUT2D eigenvalue weighted by atomic mass is 10.0. The fraction of sp³-hybridized carbons (Fsp3) is 0.182. The van der Waals surface area contributed by atoms with E-state index in [4.69, 9.17) is 26.2 Å². The second-order valence-corrected chi connectivity index (χ2v) is 6.13. The number of likely N-dealkylation sites (N-methyl/N-ethyl adjacent to an activating group) is 1. The first-order valence-corrected chi connectivity index (χ1v) is 8.58. The molecule has 0 heterocycles. The van der Waals surface area contributed by atoms with Crippen LogP contribution in [0.15, 0.2) is 61.2 Å². The number of benzene rings is 2. The minimum absolute atomic E-state index is 0.717. The molecule has 2 aromatic rings. The summed E-state index contributed by atoms with van der Waals surface area (Å²) >= 11 is 0. The minimum atomic E-state index is -2.07. The van der Waals surface area contributed by atoms with Crippen molar-refractivity contribution in [3.8, 4) is 12.3 Å². The first-order chi connectivity index (χ1) is 13.3. The second-order valence-electron chi connectivity index (χ2n) is 6.13. The number of nitrogens with one attached hydrogen (secondary N) is 2. The van der Waals surface area contributed by atoms with Crippen molar-refractivity contribution < 1.29 is 24.7 Å². The molecule has 0 radical (unpaired) electrons. The molecule has 0 spiro atoms. The van der Waals surface area contributed by atoms with Gasteiger partial charge < -0.3 is 25.2 Å². The number of hydrogen-bond donors (Lipinski definition) is 3. The Kier molecular flexibility index (Phi) is 9.59. The Bertz CT molecular complexity index is 829. The monoisotopic (exact) mass is 380 g/mol. The van der Waals surface area contributed by atoms with E-state index < -0.39 is 11.9 Å². The quantitative estimate of drug-likeness (QED) is 0.474. The number of carboxylic acids is 2. The molecule has 0 aromatic heterocycles. The molecule has 1 unspecified atom stereocenters. The highest BCUT2D eigenvalue weighted by Gasteiger charge is 2.06. The van der Waals surface area contributed by atoms with Crippen LogP contribution in [0.3, 0.4) is 0 Å². The SMILES string of the molecule is C#CC[NH+](C)CC(=C)c1cccc(CNc2ccccc2)c1.O=C([O-])C(=O)O. The van der Waals surface area contributed by atoms with Crippen molar-refractivity contribution in [2.45, 2.75) is 6.54 Å². The summed E-state index contributed by atoms with van der Waals surface area (Å²) < 4.78 is 0. The molecule has 1 atom stereocenters. The maximum Gasteiger partial charge on any atom is 0.351 e. The first-order valence-electron chi connectivity index (χ1n) is 8.58. The number of carboxylic acid groups (broad SMARTS) is 2. The van der Waals surface area contributed by atoms with E-state index in [1.807, 2.05) is 18.2 Å². The van der Waals surface area contributed by atoms with E-state index >= 15 is 0 Å². The van der Waals surface area contributed by atoms with Crippen molar-refractivity contribution in [3.63, 3.8) is 0 Å². The average Bonchev–Trinajstić information content (AvgIpc) is 2.68. The van der Waals surface area contributed by atoms with Crippen LogP contribution in [-0.2, 0) is 16.1 Å². The molecular formula is C22H24N2O4. The number of carbonyl (C=O) groups is 2. The van der Waals surface area contributed by atoms with Gasteiger partial charge in [-0.1, -0.05) is 43.0 Å². The molecule has 0 amide bonds. The Morgan fingerprint density at radius 1 is 1.21 bits per heavy atom. The maximum atomic E-state index is 9.04. The molecule has 2 rings (SSSR count). The number of carbonyl (C=O) groups excluding carboxylic acids is 1. The Hall–Kier alpha value is -3.56. The Morgan fingerprint density at radius 2 is 1.86 bits per heavy atom. The molecule has 0 saturated carbocycles. The van der Waals surface area contributed by atoms with Gasteiger partial charge in [-0.3, -0.25) is 0 Å². The van der Waals surface area contributed by atoms with E-state index in [0.717, 1.165) is 24.4 Å². The highest BCUT2D eigenvalue weighted by atomic mass is 16.4. The van der Waals surface area contributed by atoms with Gasteiger partial charge in [0.15, 0.2) is 5.97 Å². The number of aliphatic carboxylic acids is 2. The van der Waals surface area contributed by atoms with Gasteiger partial charge in [-0.05, 0) is 35.2 Å². The van der Waals surface area contributed by atoms with Crippen LogP contribution in [0.1, 0.15) is 11.1 Å². The highest BCUT2D eigenvalue weighted by Crippen LogP contribution is 2.14. The van der Waals surface area contributed by atoms with Crippen LogP contribution < -0.4 is 15.3 Å². The van der Waals surface area contributed by atoms with Crippen molar-refractivity contribution in [1.82, 2.24) is 0 Å². The molecule has 6 heteroatoms. The van der Waals surface area contributed by atoms with Crippen molar-refractivity contribution in [2.75, 3.05) is 25.5 Å². The summed E-state index contributed by atoms with van der Waals surface area (Å²) in [6, 6.07) is 18.7. The third-order valence-corrected chi connectivity index (χ3v) is 3.70. The Morgan fingerprint density at radius 3 is 2.43 bits per heavy atom. The molecule has 0 aliphatic carbocycles. The van der Waals surface area contributed by atoms with Gasteiger partial charge in [0, 0.05) is 17.8 Å². The highest BCUT2D eigenvalue weighted by molar-refractivity contribution is 6.26. The molecule has 0 aliphatic heterocycles. The summed E-state index contributed by atoms with van der Waals surface area (Å²) in [6.45, 7) is 6.58. The third-order valence-electron chi connectivity index (χ3n) is 3.70. The molecule has 28 heavy (non-hydrogen) atoms. The van der Waals surface area contributed by atoms with Crippen LogP contribution in [0.4, 0.5) is 5.69 Å². The fourth-order valence-electron chi connectivity index (χ4n) is 2.36. The van der Waals surface area contributed by atoms with Crippen LogP contribution >= 0.6 is 0 Å². The number of para-hydroxylation sites is 1. The van der Waals surface area contributed by atoms with Crippen LogP contribution in [-0.4, -0.2) is 37.2 Å². The van der Waals surface area contributed by atoms with E-state index in [9.17, 15) is 0 Å². The van der Waals surface area contributed by atoms with E-state index in [0.29, 0.717) is 6.54 Å². The lowest BCUT2D eigenvalue weighted by Gasteiger charge is -2.14. The van der Waals surface area contributed by atoms with Crippen LogP contribution in [0.2, 0.25) is 0 Å². The summed E-state index contributed by atoms with van der Waals surface area (Å²) in [5.74, 6) is -1.32.